The van der Waals surface area contributed by atoms with Gasteiger partial charge in [0.05, 0.1) is 18.9 Å². The third-order valence-corrected chi connectivity index (χ3v) is 4.47. The first-order valence-electron chi connectivity index (χ1n) is 8.69. The molecule has 0 N–H and O–H groups in total. The van der Waals surface area contributed by atoms with Gasteiger partial charge in [-0.25, -0.2) is 9.67 Å². The smallest absolute Gasteiger partial charge is 0.293 e. The van der Waals surface area contributed by atoms with Crippen LogP contribution in [0.4, 0.5) is 0 Å². The highest BCUT2D eigenvalue weighted by molar-refractivity contribution is 5.91. The predicted octanol–water partition coefficient (Wildman–Crippen LogP) is 2.72. The Morgan fingerprint density at radius 1 is 1.00 bits per heavy atom. The van der Waals surface area contributed by atoms with E-state index in [4.69, 9.17) is 4.74 Å². The zero-order valence-electron chi connectivity index (χ0n) is 14.6. The van der Waals surface area contributed by atoms with Crippen molar-refractivity contribution < 1.29 is 9.53 Å². The molecule has 0 atom stereocenters. The lowest BCUT2D eigenvalue weighted by atomic mass is 10.2. The summed E-state index contributed by atoms with van der Waals surface area (Å²) >= 11 is 0. The molecule has 1 aromatic heterocycles. The number of amides is 1. The van der Waals surface area contributed by atoms with Crippen LogP contribution in [-0.4, -0.2) is 51.9 Å². The van der Waals surface area contributed by atoms with Gasteiger partial charge in [-0.15, -0.1) is 5.10 Å². The number of para-hydroxylation sites is 1. The topological polar surface area (TPSA) is 60.2 Å². The SMILES string of the molecule is Cc1ccccc1-n1nc(C(=O)N2CCOCC2)nc1-c1ccccc1. The van der Waals surface area contributed by atoms with E-state index < -0.39 is 0 Å². The number of aryl methyl sites for hydroxylation is 1. The zero-order chi connectivity index (χ0) is 17.9. The molecule has 0 spiro atoms. The van der Waals surface area contributed by atoms with Gasteiger partial charge in [0.2, 0.25) is 5.82 Å². The summed E-state index contributed by atoms with van der Waals surface area (Å²) in [6.07, 6.45) is 0. The van der Waals surface area contributed by atoms with Crippen molar-refractivity contribution in [3.8, 4) is 17.1 Å². The molecule has 2 heterocycles. The summed E-state index contributed by atoms with van der Waals surface area (Å²) in [4.78, 5) is 19.2. The molecule has 6 heteroatoms. The third-order valence-electron chi connectivity index (χ3n) is 4.47. The van der Waals surface area contributed by atoms with Gasteiger partial charge in [0.25, 0.3) is 5.91 Å². The third kappa shape index (κ3) is 3.11. The minimum Gasteiger partial charge on any atom is -0.378 e. The van der Waals surface area contributed by atoms with Crippen molar-refractivity contribution in [2.75, 3.05) is 26.3 Å². The molecule has 1 fully saturated rings. The van der Waals surface area contributed by atoms with Crippen LogP contribution in [0.1, 0.15) is 16.2 Å². The Hall–Kier alpha value is -2.99. The standard InChI is InChI=1S/C20H20N4O2/c1-15-7-5-6-10-17(15)24-19(16-8-3-2-4-9-16)21-18(22-24)20(25)23-11-13-26-14-12-23/h2-10H,11-14H2,1H3. The van der Waals surface area contributed by atoms with Gasteiger partial charge in [-0.1, -0.05) is 48.5 Å². The summed E-state index contributed by atoms with van der Waals surface area (Å²) in [5.41, 5.74) is 2.91. The van der Waals surface area contributed by atoms with Crippen molar-refractivity contribution in [3.05, 3.63) is 66.0 Å². The van der Waals surface area contributed by atoms with Crippen LogP contribution in [0.5, 0.6) is 0 Å². The Labute approximate surface area is 152 Å². The predicted molar refractivity (Wildman–Crippen MR) is 98.3 cm³/mol. The molecule has 0 unspecified atom stereocenters. The molecule has 3 aromatic rings. The van der Waals surface area contributed by atoms with Gasteiger partial charge >= 0.3 is 0 Å². The maximum Gasteiger partial charge on any atom is 0.293 e. The van der Waals surface area contributed by atoms with E-state index in [-0.39, 0.29) is 11.7 Å². The first kappa shape index (κ1) is 16.5. The van der Waals surface area contributed by atoms with Gasteiger partial charge in [-0.3, -0.25) is 4.79 Å². The van der Waals surface area contributed by atoms with Crippen molar-refractivity contribution in [3.63, 3.8) is 0 Å². The van der Waals surface area contributed by atoms with Crippen LogP contribution in [-0.2, 0) is 4.74 Å². The minimum atomic E-state index is -0.155. The lowest BCUT2D eigenvalue weighted by Gasteiger charge is -2.25. The normalized spacial score (nSPS) is 14.4. The number of rotatable bonds is 3. The molecule has 0 bridgehead atoms. The number of aromatic nitrogens is 3. The fourth-order valence-electron chi connectivity index (χ4n) is 3.05. The lowest BCUT2D eigenvalue weighted by molar-refractivity contribution is 0.0295. The van der Waals surface area contributed by atoms with Crippen LogP contribution in [0.3, 0.4) is 0 Å². The number of hydrogen-bond donors (Lipinski definition) is 0. The molecule has 132 valence electrons. The Bertz CT molecular complexity index is 915. The molecule has 1 aliphatic heterocycles. The zero-order valence-corrected chi connectivity index (χ0v) is 14.6. The van der Waals surface area contributed by atoms with Gasteiger partial charge in [0.15, 0.2) is 5.82 Å². The van der Waals surface area contributed by atoms with Crippen LogP contribution in [0.2, 0.25) is 0 Å². The van der Waals surface area contributed by atoms with E-state index in [1.54, 1.807) is 9.58 Å². The molecule has 0 aliphatic carbocycles. The number of carbonyl (C=O) groups is 1. The van der Waals surface area contributed by atoms with Crippen LogP contribution in [0.15, 0.2) is 54.6 Å². The Kier molecular flexibility index (Phi) is 4.50. The van der Waals surface area contributed by atoms with E-state index in [9.17, 15) is 4.79 Å². The summed E-state index contributed by atoms with van der Waals surface area (Å²) in [5, 5.41) is 4.57. The van der Waals surface area contributed by atoms with E-state index >= 15 is 0 Å². The summed E-state index contributed by atoms with van der Waals surface area (Å²) in [6.45, 7) is 4.26. The average Bonchev–Trinajstić information content (AvgIpc) is 3.14. The van der Waals surface area contributed by atoms with Crippen molar-refractivity contribution in [1.82, 2.24) is 19.7 Å². The average molecular weight is 348 g/mol. The second kappa shape index (κ2) is 7.09. The summed E-state index contributed by atoms with van der Waals surface area (Å²) in [5.74, 6) is 0.725. The molecule has 2 aromatic carbocycles. The molecule has 1 amide bonds. The number of morpholine rings is 1. The first-order valence-corrected chi connectivity index (χ1v) is 8.69. The van der Waals surface area contributed by atoms with Gasteiger partial charge in [0, 0.05) is 18.7 Å². The van der Waals surface area contributed by atoms with Crippen LogP contribution in [0.25, 0.3) is 17.1 Å². The minimum absolute atomic E-state index is 0.155. The van der Waals surface area contributed by atoms with E-state index in [1.165, 1.54) is 0 Å². The van der Waals surface area contributed by atoms with Crippen molar-refractivity contribution in [1.29, 1.82) is 0 Å². The fraction of sp³-hybridized carbons (Fsp3) is 0.250. The largest absolute Gasteiger partial charge is 0.378 e. The Balaban J connectivity index is 1.80. The lowest BCUT2D eigenvalue weighted by Crippen LogP contribution is -2.41. The van der Waals surface area contributed by atoms with Gasteiger partial charge in [-0.2, -0.15) is 0 Å². The van der Waals surface area contributed by atoms with Gasteiger partial charge < -0.3 is 9.64 Å². The van der Waals surface area contributed by atoms with Gasteiger partial charge in [-0.05, 0) is 18.6 Å². The highest BCUT2D eigenvalue weighted by Gasteiger charge is 2.25. The number of ether oxygens (including phenoxy) is 1. The maximum absolute atomic E-state index is 12.8. The number of benzene rings is 2. The molecule has 4 rings (SSSR count). The molecule has 0 radical (unpaired) electrons. The monoisotopic (exact) mass is 348 g/mol. The number of hydrogen-bond acceptors (Lipinski definition) is 4. The van der Waals surface area contributed by atoms with Crippen molar-refractivity contribution in [2.24, 2.45) is 0 Å². The van der Waals surface area contributed by atoms with Crippen LogP contribution >= 0.6 is 0 Å². The first-order chi connectivity index (χ1) is 12.7. The van der Waals surface area contributed by atoms with Crippen LogP contribution in [0, 0.1) is 6.92 Å². The molecular formula is C20H20N4O2. The summed E-state index contributed by atoms with van der Waals surface area (Å²) < 4.78 is 7.09. The van der Waals surface area contributed by atoms with Crippen molar-refractivity contribution >= 4 is 5.91 Å². The van der Waals surface area contributed by atoms with E-state index in [0.29, 0.717) is 32.1 Å². The summed E-state index contributed by atoms with van der Waals surface area (Å²) in [7, 11) is 0. The van der Waals surface area contributed by atoms with E-state index in [0.717, 1.165) is 16.8 Å². The van der Waals surface area contributed by atoms with E-state index in [1.807, 2.05) is 61.5 Å². The molecule has 6 nitrogen and oxygen atoms in total. The molecule has 26 heavy (non-hydrogen) atoms. The molecular weight excluding hydrogens is 328 g/mol. The highest BCUT2D eigenvalue weighted by Crippen LogP contribution is 2.23. The number of carbonyl (C=O) groups excluding carboxylic acids is 1. The molecule has 0 saturated carbocycles. The fourth-order valence-corrected chi connectivity index (χ4v) is 3.05. The highest BCUT2D eigenvalue weighted by atomic mass is 16.5. The molecule has 1 saturated heterocycles. The quantitative estimate of drug-likeness (QED) is 0.730. The maximum atomic E-state index is 12.8. The molecule has 1 aliphatic rings. The second-order valence-corrected chi connectivity index (χ2v) is 6.23. The number of nitrogens with zero attached hydrogens (tertiary/aromatic N) is 4. The van der Waals surface area contributed by atoms with E-state index in [2.05, 4.69) is 10.1 Å². The summed E-state index contributed by atoms with van der Waals surface area (Å²) in [6, 6.07) is 17.8. The van der Waals surface area contributed by atoms with Crippen LogP contribution < -0.4 is 0 Å². The Morgan fingerprint density at radius 2 is 1.69 bits per heavy atom. The second-order valence-electron chi connectivity index (χ2n) is 6.23. The van der Waals surface area contributed by atoms with Crippen molar-refractivity contribution in [2.45, 2.75) is 6.92 Å². The van der Waals surface area contributed by atoms with Gasteiger partial charge in [0.1, 0.15) is 0 Å². The Morgan fingerprint density at radius 3 is 2.42 bits per heavy atom.